The SMILES string of the molecule is O=C(CCCCCCC(=O)Nc1ccccc1O)N/N=C/c1cc(Br)ccc1O. The van der Waals surface area contributed by atoms with E-state index < -0.39 is 0 Å². The Balaban J connectivity index is 1.56. The number of anilines is 1. The van der Waals surface area contributed by atoms with Crippen LogP contribution in [0.1, 0.15) is 44.1 Å². The van der Waals surface area contributed by atoms with E-state index >= 15 is 0 Å². The molecule has 0 saturated heterocycles. The molecule has 4 N–H and O–H groups in total. The first-order valence-corrected chi connectivity index (χ1v) is 10.1. The van der Waals surface area contributed by atoms with Crippen molar-refractivity contribution in [2.24, 2.45) is 5.10 Å². The molecule has 2 aromatic rings. The molecule has 29 heavy (non-hydrogen) atoms. The number of hydrazone groups is 1. The van der Waals surface area contributed by atoms with E-state index in [1.165, 1.54) is 18.3 Å². The third-order valence-electron chi connectivity index (χ3n) is 4.12. The first kappa shape index (κ1) is 22.4. The summed E-state index contributed by atoms with van der Waals surface area (Å²) in [6.07, 6.45) is 5.16. The van der Waals surface area contributed by atoms with Gasteiger partial charge in [0.1, 0.15) is 11.5 Å². The Morgan fingerprint density at radius 3 is 2.34 bits per heavy atom. The van der Waals surface area contributed by atoms with Gasteiger partial charge in [-0.1, -0.05) is 40.9 Å². The first-order chi connectivity index (χ1) is 14.0. The number of unbranched alkanes of at least 4 members (excludes halogenated alkanes) is 3. The van der Waals surface area contributed by atoms with Gasteiger partial charge in [0.05, 0.1) is 11.9 Å². The summed E-state index contributed by atoms with van der Waals surface area (Å²) in [7, 11) is 0. The number of halogens is 1. The number of amides is 2. The van der Waals surface area contributed by atoms with Gasteiger partial charge in [0.2, 0.25) is 11.8 Å². The minimum absolute atomic E-state index is 0.0460. The van der Waals surface area contributed by atoms with Crippen molar-refractivity contribution in [3.05, 3.63) is 52.5 Å². The third-order valence-corrected chi connectivity index (χ3v) is 4.61. The summed E-state index contributed by atoms with van der Waals surface area (Å²) in [5.74, 6) is -0.218. The van der Waals surface area contributed by atoms with Gasteiger partial charge in [0, 0.05) is 22.9 Å². The second-order valence-electron chi connectivity index (χ2n) is 6.48. The highest BCUT2D eigenvalue weighted by atomic mass is 79.9. The Bertz CT molecular complexity index is 871. The Morgan fingerprint density at radius 2 is 1.62 bits per heavy atom. The lowest BCUT2D eigenvalue weighted by atomic mass is 10.1. The number of rotatable bonds is 10. The molecule has 7 nitrogen and oxygen atoms in total. The first-order valence-electron chi connectivity index (χ1n) is 9.34. The van der Waals surface area contributed by atoms with E-state index in [9.17, 15) is 19.8 Å². The van der Waals surface area contributed by atoms with E-state index in [-0.39, 0.29) is 23.3 Å². The van der Waals surface area contributed by atoms with Crippen LogP contribution in [0.3, 0.4) is 0 Å². The summed E-state index contributed by atoms with van der Waals surface area (Å²) < 4.78 is 0.803. The van der Waals surface area contributed by atoms with Crippen LogP contribution < -0.4 is 10.7 Å². The van der Waals surface area contributed by atoms with Crippen molar-refractivity contribution in [1.29, 1.82) is 0 Å². The minimum Gasteiger partial charge on any atom is -0.507 e. The number of para-hydroxylation sites is 2. The highest BCUT2D eigenvalue weighted by Crippen LogP contribution is 2.22. The zero-order valence-corrected chi connectivity index (χ0v) is 17.5. The molecule has 2 aromatic carbocycles. The average molecular weight is 462 g/mol. The Kier molecular flexibility index (Phi) is 9.17. The Labute approximate surface area is 178 Å². The number of hydrogen-bond donors (Lipinski definition) is 4. The van der Waals surface area contributed by atoms with Crippen LogP contribution in [0, 0.1) is 0 Å². The molecule has 0 aromatic heterocycles. The van der Waals surface area contributed by atoms with Gasteiger partial charge in [-0.2, -0.15) is 5.10 Å². The number of nitrogens with zero attached hydrogens (tertiary/aromatic N) is 1. The molecule has 0 unspecified atom stereocenters. The molecule has 0 bridgehead atoms. The Hall–Kier alpha value is -2.87. The molecule has 0 aliphatic heterocycles. The van der Waals surface area contributed by atoms with E-state index in [1.54, 1.807) is 30.3 Å². The van der Waals surface area contributed by atoms with Gasteiger partial charge in [-0.25, -0.2) is 5.43 Å². The van der Waals surface area contributed by atoms with Crippen molar-refractivity contribution >= 4 is 39.6 Å². The summed E-state index contributed by atoms with van der Waals surface area (Å²) in [5, 5.41) is 25.8. The molecule has 154 valence electrons. The lowest BCUT2D eigenvalue weighted by molar-refractivity contribution is -0.121. The summed E-state index contributed by atoms with van der Waals surface area (Å²) >= 11 is 3.30. The maximum Gasteiger partial charge on any atom is 0.240 e. The number of benzene rings is 2. The zero-order valence-electron chi connectivity index (χ0n) is 15.9. The fourth-order valence-electron chi connectivity index (χ4n) is 2.58. The standard InChI is InChI=1S/C21H24BrN3O4/c22-16-11-12-18(26)15(13-16)14-23-25-21(29)10-4-2-1-3-9-20(28)24-17-7-5-6-8-19(17)27/h5-8,11-14,26-27H,1-4,9-10H2,(H,24,28)(H,25,29)/b23-14+. The van der Waals surface area contributed by atoms with Crippen molar-refractivity contribution in [3.8, 4) is 11.5 Å². The van der Waals surface area contributed by atoms with Crippen LogP contribution in [0.25, 0.3) is 0 Å². The van der Waals surface area contributed by atoms with Crippen LogP contribution in [0.4, 0.5) is 5.69 Å². The highest BCUT2D eigenvalue weighted by Gasteiger charge is 2.06. The van der Waals surface area contributed by atoms with Crippen LogP contribution in [-0.2, 0) is 9.59 Å². The maximum absolute atomic E-state index is 11.9. The van der Waals surface area contributed by atoms with Gasteiger partial charge in [-0.05, 0) is 43.2 Å². The summed E-state index contributed by atoms with van der Waals surface area (Å²) in [4.78, 5) is 23.6. The van der Waals surface area contributed by atoms with E-state index in [1.807, 2.05) is 0 Å². The van der Waals surface area contributed by atoms with E-state index in [0.29, 0.717) is 36.9 Å². The van der Waals surface area contributed by atoms with Gasteiger partial charge in [-0.3, -0.25) is 9.59 Å². The van der Waals surface area contributed by atoms with Crippen LogP contribution in [-0.4, -0.2) is 28.2 Å². The summed E-state index contributed by atoms with van der Waals surface area (Å²) in [6.45, 7) is 0. The van der Waals surface area contributed by atoms with Gasteiger partial charge in [0.15, 0.2) is 0 Å². The van der Waals surface area contributed by atoms with E-state index in [0.717, 1.165) is 17.3 Å². The molecule has 8 heteroatoms. The second kappa shape index (κ2) is 11.9. The van der Waals surface area contributed by atoms with Crippen molar-refractivity contribution in [2.45, 2.75) is 38.5 Å². The lowest BCUT2D eigenvalue weighted by Gasteiger charge is -2.06. The van der Waals surface area contributed by atoms with E-state index in [2.05, 4.69) is 31.8 Å². The topological polar surface area (TPSA) is 111 Å². The molecule has 0 radical (unpaired) electrons. The van der Waals surface area contributed by atoms with Crippen LogP contribution in [0.5, 0.6) is 11.5 Å². The molecule has 0 saturated carbocycles. The van der Waals surface area contributed by atoms with Crippen LogP contribution in [0.2, 0.25) is 0 Å². The molecule has 2 rings (SSSR count). The van der Waals surface area contributed by atoms with Gasteiger partial charge in [0.25, 0.3) is 0 Å². The van der Waals surface area contributed by atoms with Crippen molar-refractivity contribution in [2.75, 3.05) is 5.32 Å². The molecule has 0 aliphatic carbocycles. The number of aromatic hydroxyl groups is 2. The summed E-state index contributed by atoms with van der Waals surface area (Å²) in [5.41, 5.74) is 3.35. The molecule has 2 amide bonds. The number of hydrogen-bond acceptors (Lipinski definition) is 5. The third kappa shape index (κ3) is 8.35. The lowest BCUT2D eigenvalue weighted by Crippen LogP contribution is -2.17. The largest absolute Gasteiger partial charge is 0.507 e. The molecule has 0 spiro atoms. The molecule has 0 aliphatic rings. The van der Waals surface area contributed by atoms with Gasteiger partial charge in [-0.15, -0.1) is 0 Å². The average Bonchev–Trinajstić information content (AvgIpc) is 2.69. The quantitative estimate of drug-likeness (QED) is 0.183. The predicted molar refractivity (Wildman–Crippen MR) is 116 cm³/mol. The van der Waals surface area contributed by atoms with Gasteiger partial charge < -0.3 is 15.5 Å². The fourth-order valence-corrected chi connectivity index (χ4v) is 2.95. The van der Waals surface area contributed by atoms with Crippen LogP contribution in [0.15, 0.2) is 52.0 Å². The number of phenolic OH excluding ortho intramolecular Hbond substituents is 2. The second-order valence-corrected chi connectivity index (χ2v) is 7.39. The zero-order chi connectivity index (χ0) is 21.1. The Morgan fingerprint density at radius 1 is 0.931 bits per heavy atom. The van der Waals surface area contributed by atoms with E-state index in [4.69, 9.17) is 0 Å². The molecular formula is C21H24BrN3O4. The monoisotopic (exact) mass is 461 g/mol. The normalized spacial score (nSPS) is 10.8. The number of carbonyl (C=O) groups is 2. The molecular weight excluding hydrogens is 438 g/mol. The van der Waals surface area contributed by atoms with Gasteiger partial charge >= 0.3 is 0 Å². The minimum atomic E-state index is -0.201. The van der Waals surface area contributed by atoms with Crippen molar-refractivity contribution in [3.63, 3.8) is 0 Å². The molecule has 0 atom stereocenters. The smallest absolute Gasteiger partial charge is 0.240 e. The number of carbonyl (C=O) groups excluding carboxylic acids is 2. The number of nitrogens with one attached hydrogen (secondary N) is 2. The highest BCUT2D eigenvalue weighted by molar-refractivity contribution is 9.10. The maximum atomic E-state index is 11.9. The summed E-state index contributed by atoms with van der Waals surface area (Å²) in [6, 6.07) is 11.5. The molecule has 0 heterocycles. The fraction of sp³-hybridized carbons (Fsp3) is 0.286. The van der Waals surface area contributed by atoms with Crippen molar-refractivity contribution in [1.82, 2.24) is 5.43 Å². The van der Waals surface area contributed by atoms with Crippen LogP contribution >= 0.6 is 15.9 Å². The number of phenols is 2. The predicted octanol–water partition coefficient (Wildman–Crippen LogP) is 4.29. The molecule has 0 fully saturated rings. The van der Waals surface area contributed by atoms with Crippen molar-refractivity contribution < 1.29 is 19.8 Å².